The fourth-order valence-electron chi connectivity index (χ4n) is 1.68. The van der Waals surface area contributed by atoms with Crippen molar-refractivity contribution < 1.29 is 0 Å². The Morgan fingerprint density at radius 2 is 2.05 bits per heavy atom. The van der Waals surface area contributed by atoms with Gasteiger partial charge in [0.25, 0.3) is 0 Å². The van der Waals surface area contributed by atoms with Gasteiger partial charge in [-0.25, -0.2) is 0 Å². The minimum absolute atomic E-state index is 0.703. The van der Waals surface area contributed by atoms with Crippen molar-refractivity contribution >= 4 is 23.1 Å². The molecule has 0 amide bonds. The van der Waals surface area contributed by atoms with Gasteiger partial charge in [0.15, 0.2) is 0 Å². The molecular formula is C15H20N2S2. The SMILES string of the molecule is CC(C)CNCc1ccc(SCc2cncs2)cc1. The minimum Gasteiger partial charge on any atom is -0.312 e. The molecule has 0 unspecified atom stereocenters. The molecular weight excluding hydrogens is 272 g/mol. The Kier molecular flexibility index (Phi) is 5.89. The van der Waals surface area contributed by atoms with Crippen LogP contribution in [0.25, 0.3) is 0 Å². The number of nitrogens with zero attached hydrogens (tertiary/aromatic N) is 1. The molecule has 0 atom stereocenters. The normalized spacial score (nSPS) is 11.1. The minimum atomic E-state index is 0.703. The molecule has 0 saturated carbocycles. The average molecular weight is 292 g/mol. The van der Waals surface area contributed by atoms with Crippen LogP contribution in [0.15, 0.2) is 40.9 Å². The first-order chi connectivity index (χ1) is 9.24. The van der Waals surface area contributed by atoms with E-state index in [0.717, 1.165) is 18.8 Å². The Labute approximate surface area is 123 Å². The molecule has 0 radical (unpaired) electrons. The van der Waals surface area contributed by atoms with E-state index in [1.165, 1.54) is 15.3 Å². The molecule has 19 heavy (non-hydrogen) atoms. The van der Waals surface area contributed by atoms with E-state index in [0.29, 0.717) is 5.92 Å². The van der Waals surface area contributed by atoms with Crippen LogP contribution in [0.2, 0.25) is 0 Å². The van der Waals surface area contributed by atoms with Gasteiger partial charge in [0.1, 0.15) is 0 Å². The van der Waals surface area contributed by atoms with E-state index in [1.807, 2.05) is 23.5 Å². The zero-order chi connectivity index (χ0) is 13.5. The summed E-state index contributed by atoms with van der Waals surface area (Å²) in [5.41, 5.74) is 3.24. The zero-order valence-corrected chi connectivity index (χ0v) is 13.1. The van der Waals surface area contributed by atoms with Crippen LogP contribution >= 0.6 is 23.1 Å². The summed E-state index contributed by atoms with van der Waals surface area (Å²) < 4.78 is 0. The number of thiazole rings is 1. The number of benzene rings is 1. The summed E-state index contributed by atoms with van der Waals surface area (Å²) in [6.45, 7) is 6.48. The van der Waals surface area contributed by atoms with Crippen LogP contribution in [0.5, 0.6) is 0 Å². The predicted octanol–water partition coefficient (Wildman–Crippen LogP) is 4.18. The maximum Gasteiger partial charge on any atom is 0.0794 e. The Morgan fingerprint density at radius 1 is 1.26 bits per heavy atom. The van der Waals surface area contributed by atoms with Gasteiger partial charge in [0.2, 0.25) is 0 Å². The lowest BCUT2D eigenvalue weighted by atomic mass is 10.2. The average Bonchev–Trinajstić information content (AvgIpc) is 2.90. The maximum atomic E-state index is 4.09. The van der Waals surface area contributed by atoms with E-state index >= 15 is 0 Å². The molecule has 4 heteroatoms. The molecule has 0 fully saturated rings. The third-order valence-corrected chi connectivity index (χ3v) is 4.69. The van der Waals surface area contributed by atoms with Gasteiger partial charge in [-0.1, -0.05) is 26.0 Å². The third kappa shape index (κ3) is 5.35. The number of nitrogens with one attached hydrogen (secondary N) is 1. The highest BCUT2D eigenvalue weighted by atomic mass is 32.2. The first-order valence-electron chi connectivity index (χ1n) is 6.54. The Morgan fingerprint density at radius 3 is 2.68 bits per heavy atom. The van der Waals surface area contributed by atoms with Gasteiger partial charge in [0.05, 0.1) is 5.51 Å². The second-order valence-electron chi connectivity index (χ2n) is 4.93. The fraction of sp³-hybridized carbons (Fsp3) is 0.400. The summed E-state index contributed by atoms with van der Waals surface area (Å²) >= 11 is 3.58. The van der Waals surface area contributed by atoms with E-state index in [4.69, 9.17) is 0 Å². The molecule has 0 aliphatic rings. The highest BCUT2D eigenvalue weighted by Crippen LogP contribution is 2.24. The molecule has 2 rings (SSSR count). The maximum absolute atomic E-state index is 4.09. The topological polar surface area (TPSA) is 24.9 Å². The van der Waals surface area contributed by atoms with Crippen molar-refractivity contribution in [3.63, 3.8) is 0 Å². The molecule has 0 bridgehead atoms. The second-order valence-corrected chi connectivity index (χ2v) is 6.94. The van der Waals surface area contributed by atoms with E-state index in [2.05, 4.69) is 48.4 Å². The standard InChI is InChI=1S/C15H20N2S2/c1-12(2)7-16-8-13-3-5-14(6-4-13)18-10-15-9-17-11-19-15/h3-6,9,11-12,16H,7-8,10H2,1-2H3. The van der Waals surface area contributed by atoms with Crippen LogP contribution in [0, 0.1) is 5.92 Å². The van der Waals surface area contributed by atoms with E-state index < -0.39 is 0 Å². The highest BCUT2D eigenvalue weighted by molar-refractivity contribution is 7.98. The number of aromatic nitrogens is 1. The van der Waals surface area contributed by atoms with Crippen molar-refractivity contribution in [3.8, 4) is 0 Å². The molecule has 2 nitrogen and oxygen atoms in total. The summed E-state index contributed by atoms with van der Waals surface area (Å²) in [4.78, 5) is 6.74. The summed E-state index contributed by atoms with van der Waals surface area (Å²) in [6.07, 6.45) is 1.95. The van der Waals surface area contributed by atoms with Crippen molar-refractivity contribution in [1.29, 1.82) is 0 Å². The predicted molar refractivity (Wildman–Crippen MR) is 84.7 cm³/mol. The van der Waals surface area contributed by atoms with Crippen LogP contribution in [-0.4, -0.2) is 11.5 Å². The Bertz CT molecular complexity index is 463. The Hall–Kier alpha value is -0.840. The van der Waals surface area contributed by atoms with Crippen molar-refractivity contribution in [3.05, 3.63) is 46.4 Å². The van der Waals surface area contributed by atoms with Crippen molar-refractivity contribution in [2.75, 3.05) is 6.54 Å². The Balaban J connectivity index is 1.77. The quantitative estimate of drug-likeness (QED) is 0.775. The number of hydrogen-bond acceptors (Lipinski definition) is 4. The first kappa shape index (κ1) is 14.6. The van der Waals surface area contributed by atoms with Crippen molar-refractivity contribution in [2.45, 2.75) is 31.0 Å². The molecule has 0 aliphatic heterocycles. The van der Waals surface area contributed by atoms with Gasteiger partial charge >= 0.3 is 0 Å². The lowest BCUT2D eigenvalue weighted by Crippen LogP contribution is -2.18. The highest BCUT2D eigenvalue weighted by Gasteiger charge is 1.99. The molecule has 102 valence electrons. The van der Waals surface area contributed by atoms with Crippen LogP contribution in [0.3, 0.4) is 0 Å². The zero-order valence-electron chi connectivity index (χ0n) is 11.4. The molecule has 1 aromatic heterocycles. The van der Waals surface area contributed by atoms with E-state index in [9.17, 15) is 0 Å². The summed E-state index contributed by atoms with van der Waals surface area (Å²) in [5.74, 6) is 1.71. The number of hydrogen-bond donors (Lipinski definition) is 1. The number of thioether (sulfide) groups is 1. The molecule has 1 aromatic carbocycles. The number of rotatable bonds is 7. The smallest absolute Gasteiger partial charge is 0.0794 e. The molecule has 0 spiro atoms. The van der Waals surface area contributed by atoms with E-state index in [-0.39, 0.29) is 0 Å². The van der Waals surface area contributed by atoms with Crippen LogP contribution < -0.4 is 5.32 Å². The third-order valence-electron chi connectivity index (χ3n) is 2.67. The van der Waals surface area contributed by atoms with Crippen LogP contribution in [0.4, 0.5) is 0 Å². The van der Waals surface area contributed by atoms with Crippen molar-refractivity contribution in [2.24, 2.45) is 5.92 Å². The molecule has 0 aliphatic carbocycles. The largest absolute Gasteiger partial charge is 0.312 e. The second kappa shape index (κ2) is 7.68. The molecule has 1 heterocycles. The monoisotopic (exact) mass is 292 g/mol. The summed E-state index contributed by atoms with van der Waals surface area (Å²) in [6, 6.07) is 8.83. The fourth-order valence-corrected chi connectivity index (χ4v) is 3.22. The van der Waals surface area contributed by atoms with Gasteiger partial charge in [-0.3, -0.25) is 4.98 Å². The lowest BCUT2D eigenvalue weighted by molar-refractivity contribution is 0.552. The molecule has 0 saturated heterocycles. The molecule has 2 aromatic rings. The van der Waals surface area contributed by atoms with E-state index in [1.54, 1.807) is 11.3 Å². The van der Waals surface area contributed by atoms with Gasteiger partial charge in [0, 0.05) is 28.3 Å². The first-order valence-corrected chi connectivity index (χ1v) is 8.40. The molecule has 1 N–H and O–H groups in total. The van der Waals surface area contributed by atoms with Crippen LogP contribution in [0.1, 0.15) is 24.3 Å². The van der Waals surface area contributed by atoms with Gasteiger partial charge in [-0.05, 0) is 30.2 Å². The van der Waals surface area contributed by atoms with Crippen molar-refractivity contribution in [1.82, 2.24) is 10.3 Å². The summed E-state index contributed by atoms with van der Waals surface area (Å²) in [7, 11) is 0. The summed E-state index contributed by atoms with van der Waals surface area (Å²) in [5, 5.41) is 3.46. The van der Waals surface area contributed by atoms with Crippen LogP contribution in [-0.2, 0) is 12.3 Å². The van der Waals surface area contributed by atoms with Gasteiger partial charge in [-0.15, -0.1) is 23.1 Å². The van der Waals surface area contributed by atoms with Gasteiger partial charge < -0.3 is 5.32 Å². The lowest BCUT2D eigenvalue weighted by Gasteiger charge is -2.08. The van der Waals surface area contributed by atoms with Gasteiger partial charge in [-0.2, -0.15) is 0 Å².